The molecule has 3 saturated heterocycles. The predicted molar refractivity (Wildman–Crippen MR) is 321 cm³/mol. The van der Waals surface area contributed by atoms with Gasteiger partial charge in [0.1, 0.15) is 52.8 Å². The van der Waals surface area contributed by atoms with Crippen molar-refractivity contribution in [1.82, 2.24) is 31.2 Å². The van der Waals surface area contributed by atoms with Crippen molar-refractivity contribution in [2.45, 2.75) is 172 Å². The van der Waals surface area contributed by atoms with Crippen molar-refractivity contribution in [2.24, 2.45) is 17.6 Å². The van der Waals surface area contributed by atoms with E-state index in [0.29, 0.717) is 22.9 Å². The van der Waals surface area contributed by atoms with E-state index in [1.807, 2.05) is 13.0 Å². The van der Waals surface area contributed by atoms with Crippen LogP contribution in [0.4, 0.5) is 21.0 Å². The topological polar surface area (TPSA) is 359 Å². The fourth-order valence-electron chi connectivity index (χ4n) is 10.7. The lowest BCUT2D eigenvalue weighted by molar-refractivity contribution is -0.271. The minimum absolute atomic E-state index is 0.0110. The van der Waals surface area contributed by atoms with Gasteiger partial charge >= 0.3 is 24.1 Å². The van der Waals surface area contributed by atoms with Gasteiger partial charge in [-0.3, -0.25) is 38.9 Å². The molecule has 5 aliphatic rings. The molecule has 27 nitrogen and oxygen atoms in total. The SMILES string of the molecule is COc1cc2cc(c1Cl)N(C)C(=O)C[C@H](OC(=O)[C@H](C)N(C)C(=O)c1ccc(NC(=O)[C@H](CCCNC(N)=O)NC(=O)[C@@H](NC(=O)CCCCC(=O)ON3C(=O)CCC3=O)C(C)C)cc1)[C@@]1(C)C[C@@H](O1)[C@H](C)[C@@H]1C[C@@](O)(NC(=O)O1)[C@H](OC)/C=C/C=C(\C)C2. The van der Waals surface area contributed by atoms with Crippen LogP contribution in [-0.2, 0) is 68.6 Å². The number of primary amides is 1. The number of anilines is 2. The summed E-state index contributed by atoms with van der Waals surface area (Å²) in [4.78, 5) is 151. The van der Waals surface area contributed by atoms with E-state index in [2.05, 4.69) is 26.6 Å². The van der Waals surface area contributed by atoms with Crippen LogP contribution < -0.4 is 42.0 Å². The number of nitrogens with one attached hydrogen (secondary N) is 5. The Morgan fingerprint density at radius 1 is 0.921 bits per heavy atom. The molecule has 2 aromatic rings. The van der Waals surface area contributed by atoms with Gasteiger partial charge in [0.15, 0.2) is 5.72 Å². The Hall–Kier alpha value is -8.14. The van der Waals surface area contributed by atoms with Crippen molar-refractivity contribution in [3.63, 3.8) is 0 Å². The summed E-state index contributed by atoms with van der Waals surface area (Å²) in [5.74, 6) is -6.62. The molecule has 0 unspecified atom stereocenters. The minimum atomic E-state index is -1.88. The number of nitrogens with zero attached hydrogens (tertiary/aromatic N) is 3. The number of benzene rings is 2. The molecule has 0 spiro atoms. The van der Waals surface area contributed by atoms with Crippen molar-refractivity contribution in [2.75, 3.05) is 45.1 Å². The van der Waals surface area contributed by atoms with E-state index in [1.54, 1.807) is 52.0 Å². The van der Waals surface area contributed by atoms with Crippen molar-refractivity contribution in [3.05, 3.63) is 76.3 Å². The summed E-state index contributed by atoms with van der Waals surface area (Å²) >= 11 is 6.85. The number of aliphatic hydroxyl groups is 1. The molecule has 10 amide bonds. The van der Waals surface area contributed by atoms with E-state index in [1.165, 1.54) is 64.4 Å². The van der Waals surface area contributed by atoms with E-state index in [0.717, 1.165) is 16.0 Å². The van der Waals surface area contributed by atoms with Crippen LogP contribution in [0.2, 0.25) is 5.02 Å². The number of imide groups is 1. The average Bonchev–Trinajstić information content (AvgIpc) is 1.30. The summed E-state index contributed by atoms with van der Waals surface area (Å²) < 4.78 is 29.7. The number of unbranched alkanes of at least 4 members (excludes halogenated alkanes) is 1. The molecule has 3 fully saturated rings. The molecular weight excluding hydrogens is 1180 g/mol. The highest BCUT2D eigenvalue weighted by Crippen LogP contribution is 2.45. The van der Waals surface area contributed by atoms with Gasteiger partial charge in [-0.15, -0.1) is 5.06 Å². The van der Waals surface area contributed by atoms with E-state index in [9.17, 15) is 57.8 Å². The Labute approximate surface area is 521 Å². The summed E-state index contributed by atoms with van der Waals surface area (Å²) in [6.07, 6.45) is 0.894. The largest absolute Gasteiger partial charge is 0.495 e. The van der Waals surface area contributed by atoms with Gasteiger partial charge in [0.05, 0.1) is 25.3 Å². The Balaban J connectivity index is 1.13. The Morgan fingerprint density at radius 2 is 1.58 bits per heavy atom. The highest BCUT2D eigenvalue weighted by Gasteiger charge is 2.56. The molecule has 5 heterocycles. The van der Waals surface area contributed by atoms with E-state index in [-0.39, 0.29) is 87.0 Å². The number of alkyl carbamates (subject to hydrolysis) is 1. The van der Waals surface area contributed by atoms with Gasteiger partial charge in [-0.25, -0.2) is 19.2 Å². The summed E-state index contributed by atoms with van der Waals surface area (Å²) in [5, 5.41) is 25.5. The molecule has 0 aliphatic carbocycles. The zero-order valence-electron chi connectivity index (χ0n) is 51.8. The Bertz CT molecular complexity index is 3040. The molecule has 2 aromatic carbocycles. The third-order valence-electron chi connectivity index (χ3n) is 16.2. The first-order valence-corrected chi connectivity index (χ1v) is 29.8. The number of fused-ring (bicyclic) bond motifs is 6. The zero-order valence-corrected chi connectivity index (χ0v) is 52.5. The first kappa shape index (κ1) is 70.0. The number of hydrogen-bond donors (Lipinski definition) is 7. The number of likely N-dealkylation sites (N-methyl/N-ethyl adjacent to an activating group) is 1. The maximum atomic E-state index is 14.5. The summed E-state index contributed by atoms with van der Waals surface area (Å²) in [6, 6.07) is 4.83. The van der Waals surface area contributed by atoms with Crippen molar-refractivity contribution in [1.29, 1.82) is 0 Å². The van der Waals surface area contributed by atoms with Gasteiger partial charge in [-0.05, 0) is 101 Å². The molecule has 89 heavy (non-hydrogen) atoms. The first-order valence-electron chi connectivity index (χ1n) is 29.4. The lowest BCUT2D eigenvalue weighted by Gasteiger charge is -2.53. The fourth-order valence-corrected chi connectivity index (χ4v) is 11.0. The van der Waals surface area contributed by atoms with Crippen molar-refractivity contribution < 1.29 is 86.4 Å². The van der Waals surface area contributed by atoms with Crippen LogP contribution in [0.3, 0.4) is 0 Å². The lowest BCUT2D eigenvalue weighted by Crippen LogP contribution is -2.66. The summed E-state index contributed by atoms with van der Waals surface area (Å²) in [5.41, 5.74) is 4.29. The number of urea groups is 1. The maximum absolute atomic E-state index is 14.5. The first-order chi connectivity index (χ1) is 42.0. The Kier molecular flexibility index (Phi) is 24.3. The average molecular weight is 1260 g/mol. The third-order valence-corrected chi connectivity index (χ3v) is 16.6. The van der Waals surface area contributed by atoms with Crippen molar-refractivity contribution in [3.8, 4) is 5.75 Å². The molecule has 8 N–H and O–H groups in total. The zero-order chi connectivity index (χ0) is 65.7. The van der Waals surface area contributed by atoms with Gasteiger partial charge in [0.2, 0.25) is 23.6 Å². The standard InChI is InChI=1S/C61H82ClN9O18/c1-33(2)53(67-47(72)18-11-12-19-51(76)89-71-48(73)24-25-49(71)74)55(78)66-40(16-14-26-64-58(63)81)54(77)65-39-22-20-38(21-23-39)56(79)69(7)36(5)57(80)87-46-30-50(75)70(8)41-28-37(29-42(84-9)52(41)62)27-34(3)15-13-17-45(85-10)61(83)32-43(86-59(82)68-61)35(4)44-31-60(46,6)88-44/h13,15,17,20-23,28-29,33,35-36,40,43-46,53,83H,11-12,14,16,18-19,24-27,30-32H2,1-10H3,(H,65,77)(H,66,78)(H,67,72)(H,68,82)(H3,63,64,81)/b17-13+,34-15+/t35-,36+,40+,43+,44-,45-,46+,53+,60-,61+/m1/s1. The van der Waals surface area contributed by atoms with E-state index < -0.39 is 138 Å². The highest BCUT2D eigenvalue weighted by atomic mass is 35.5. The van der Waals surface area contributed by atoms with Gasteiger partial charge in [-0.2, -0.15) is 0 Å². The number of halogens is 1. The number of esters is 1. The van der Waals surface area contributed by atoms with Crippen LogP contribution in [0, 0.1) is 11.8 Å². The molecule has 6 bridgehead atoms. The number of carbonyl (C=O) groups is 11. The van der Waals surface area contributed by atoms with Gasteiger partial charge in [-0.1, -0.05) is 56.2 Å². The normalized spacial score (nSPS) is 24.8. The second-order valence-corrected chi connectivity index (χ2v) is 23.7. The van der Waals surface area contributed by atoms with Gasteiger partial charge in [0, 0.05) is 83.4 Å². The van der Waals surface area contributed by atoms with Crippen LogP contribution in [0.5, 0.6) is 5.75 Å². The van der Waals surface area contributed by atoms with Crippen molar-refractivity contribution >= 4 is 88.4 Å². The third kappa shape index (κ3) is 18.3. The number of nitrogens with two attached hydrogens (primary N) is 1. The Morgan fingerprint density at radius 3 is 2.21 bits per heavy atom. The molecule has 0 saturated carbocycles. The highest BCUT2D eigenvalue weighted by molar-refractivity contribution is 6.35. The number of carbonyl (C=O) groups excluding carboxylic acids is 11. The minimum Gasteiger partial charge on any atom is -0.495 e. The summed E-state index contributed by atoms with van der Waals surface area (Å²) in [7, 11) is 5.78. The molecule has 5 aliphatic heterocycles. The molecule has 0 aromatic heterocycles. The smallest absolute Gasteiger partial charge is 0.409 e. The second-order valence-electron chi connectivity index (χ2n) is 23.4. The quantitative estimate of drug-likeness (QED) is 0.0488. The number of rotatable bonds is 22. The van der Waals surface area contributed by atoms with Crippen LogP contribution >= 0.6 is 11.6 Å². The van der Waals surface area contributed by atoms with Gasteiger partial charge < -0.3 is 70.4 Å². The van der Waals surface area contributed by atoms with E-state index >= 15 is 0 Å². The second kappa shape index (κ2) is 30.9. The summed E-state index contributed by atoms with van der Waals surface area (Å²) in [6.45, 7) is 10.2. The lowest BCUT2D eigenvalue weighted by atomic mass is 9.76. The van der Waals surface area contributed by atoms with Gasteiger partial charge in [0.25, 0.3) is 17.7 Å². The number of ether oxygens (including phenoxy) is 5. The van der Waals surface area contributed by atoms with E-state index in [4.69, 9.17) is 45.9 Å². The number of hydrogen-bond acceptors (Lipinski definition) is 18. The van der Waals surface area contributed by atoms with Crippen LogP contribution in [0.15, 0.2) is 60.2 Å². The van der Waals surface area contributed by atoms with Crippen LogP contribution in [-0.4, -0.2) is 169 Å². The van der Waals surface area contributed by atoms with Crippen LogP contribution in [0.25, 0.3) is 0 Å². The fraction of sp³-hybridized carbons (Fsp3) is 0.557. The molecule has 10 atom stereocenters. The maximum Gasteiger partial charge on any atom is 0.409 e. The van der Waals surface area contributed by atoms with Crippen LogP contribution in [0.1, 0.15) is 128 Å². The predicted octanol–water partition coefficient (Wildman–Crippen LogP) is 4.40. The molecular formula is C61H82ClN9O18. The number of allylic oxidation sites excluding steroid dienone is 3. The monoisotopic (exact) mass is 1260 g/mol. The molecule has 0 radical (unpaired) electrons. The molecule has 486 valence electrons. The number of methoxy groups -OCH3 is 2. The molecule has 7 rings (SSSR count). The molecule has 28 heteroatoms. The number of hydroxylamine groups is 2. The number of amides is 10.